The molecule has 4 rings (SSSR count). The van der Waals surface area contributed by atoms with Crippen molar-refractivity contribution in [3.05, 3.63) is 93.0 Å². The normalized spacial score (nSPS) is 10.9. The molecular weight excluding hydrogens is 363 g/mol. The minimum atomic E-state index is -0.718. The average Bonchev–Trinajstić information content (AvgIpc) is 3.00. The number of rotatable bonds is 3. The number of nitrogens with zero attached hydrogens (tertiary/aromatic N) is 2. The van der Waals surface area contributed by atoms with Crippen molar-refractivity contribution in [2.45, 2.75) is 0 Å². The zero-order valence-corrected chi connectivity index (χ0v) is 14.8. The van der Waals surface area contributed by atoms with Crippen LogP contribution in [0.1, 0.15) is 10.4 Å². The summed E-state index contributed by atoms with van der Waals surface area (Å²) in [5, 5.41) is 2.73. The Kier molecular flexibility index (Phi) is 4.15. The standard InChI is InChI=1S/C20H15FN4O3/c1-24-11-15(18(26)22-13-5-3-2-4-6-13)16-17(24)19(27)25(20(28)23-16)14-9-7-12(21)8-10-14/h2-11H,1H3,(H,22,26)(H,23,28). The van der Waals surface area contributed by atoms with Crippen LogP contribution in [0.5, 0.6) is 0 Å². The summed E-state index contributed by atoms with van der Waals surface area (Å²) in [6.07, 6.45) is 1.48. The molecule has 7 nitrogen and oxygen atoms in total. The minimum absolute atomic E-state index is 0.143. The summed E-state index contributed by atoms with van der Waals surface area (Å²) < 4.78 is 15.6. The highest BCUT2D eigenvalue weighted by Crippen LogP contribution is 2.17. The number of carbonyl (C=O) groups is 1. The van der Waals surface area contributed by atoms with E-state index >= 15 is 0 Å². The second kappa shape index (κ2) is 6.66. The van der Waals surface area contributed by atoms with Crippen molar-refractivity contribution in [3.63, 3.8) is 0 Å². The monoisotopic (exact) mass is 378 g/mol. The summed E-state index contributed by atoms with van der Waals surface area (Å²) in [6.45, 7) is 0. The number of para-hydroxylation sites is 1. The number of anilines is 1. The van der Waals surface area contributed by atoms with E-state index in [0.29, 0.717) is 5.69 Å². The van der Waals surface area contributed by atoms with E-state index in [4.69, 9.17) is 0 Å². The lowest BCUT2D eigenvalue weighted by Gasteiger charge is -2.06. The van der Waals surface area contributed by atoms with Crippen LogP contribution in [-0.4, -0.2) is 20.0 Å². The molecule has 0 unspecified atom stereocenters. The van der Waals surface area contributed by atoms with E-state index in [0.717, 1.165) is 16.7 Å². The molecular formula is C20H15FN4O3. The maximum absolute atomic E-state index is 13.2. The maximum Gasteiger partial charge on any atom is 0.333 e. The molecule has 140 valence electrons. The van der Waals surface area contributed by atoms with E-state index < -0.39 is 23.0 Å². The molecule has 2 N–H and O–H groups in total. The number of nitrogens with one attached hydrogen (secondary N) is 2. The Morgan fingerprint density at radius 3 is 2.39 bits per heavy atom. The van der Waals surface area contributed by atoms with Crippen LogP contribution in [0, 0.1) is 5.82 Å². The zero-order chi connectivity index (χ0) is 19.8. The van der Waals surface area contributed by atoms with Crippen molar-refractivity contribution >= 4 is 22.6 Å². The smallest absolute Gasteiger partial charge is 0.333 e. The van der Waals surface area contributed by atoms with Gasteiger partial charge in [0.15, 0.2) is 0 Å². The molecule has 0 radical (unpaired) electrons. The molecule has 4 aromatic rings. The van der Waals surface area contributed by atoms with Crippen molar-refractivity contribution in [2.24, 2.45) is 7.05 Å². The van der Waals surface area contributed by atoms with Crippen molar-refractivity contribution in [2.75, 3.05) is 5.32 Å². The van der Waals surface area contributed by atoms with Gasteiger partial charge in [-0.25, -0.2) is 13.8 Å². The Morgan fingerprint density at radius 1 is 1.04 bits per heavy atom. The summed E-state index contributed by atoms with van der Waals surface area (Å²) in [4.78, 5) is 40.8. The quantitative estimate of drug-likeness (QED) is 0.574. The summed E-state index contributed by atoms with van der Waals surface area (Å²) in [5.41, 5.74) is -0.0403. The highest BCUT2D eigenvalue weighted by molar-refractivity contribution is 6.11. The lowest BCUT2D eigenvalue weighted by Crippen LogP contribution is -2.34. The van der Waals surface area contributed by atoms with Gasteiger partial charge in [0.2, 0.25) is 0 Å². The second-order valence-corrected chi connectivity index (χ2v) is 6.24. The van der Waals surface area contributed by atoms with E-state index in [-0.39, 0.29) is 22.3 Å². The number of H-pyrrole nitrogens is 1. The number of fused-ring (bicyclic) bond motifs is 1. The highest BCUT2D eigenvalue weighted by atomic mass is 19.1. The molecule has 28 heavy (non-hydrogen) atoms. The topological polar surface area (TPSA) is 88.9 Å². The van der Waals surface area contributed by atoms with Gasteiger partial charge in [0, 0.05) is 18.9 Å². The molecule has 0 aliphatic heterocycles. The Hall–Kier alpha value is -3.94. The van der Waals surface area contributed by atoms with Crippen molar-refractivity contribution in [3.8, 4) is 5.69 Å². The SMILES string of the molecule is Cn1cc(C(=O)Nc2ccccc2)c2[nH]c(=O)n(-c3ccc(F)cc3)c(=O)c21. The highest BCUT2D eigenvalue weighted by Gasteiger charge is 2.20. The number of carbonyl (C=O) groups excluding carboxylic acids is 1. The molecule has 0 aliphatic carbocycles. The predicted octanol–water partition coefficient (Wildman–Crippen LogP) is 2.41. The first-order chi connectivity index (χ1) is 13.5. The number of halogens is 1. The molecule has 0 atom stereocenters. The van der Waals surface area contributed by atoms with Gasteiger partial charge in [0.05, 0.1) is 16.8 Å². The van der Waals surface area contributed by atoms with Gasteiger partial charge in [0.25, 0.3) is 11.5 Å². The van der Waals surface area contributed by atoms with E-state index in [2.05, 4.69) is 10.3 Å². The molecule has 0 saturated heterocycles. The third-order valence-electron chi connectivity index (χ3n) is 4.38. The van der Waals surface area contributed by atoms with E-state index in [9.17, 15) is 18.8 Å². The first-order valence-corrected chi connectivity index (χ1v) is 8.42. The molecule has 0 aliphatic rings. The van der Waals surface area contributed by atoms with E-state index in [1.54, 1.807) is 31.3 Å². The lowest BCUT2D eigenvalue weighted by atomic mass is 10.2. The first kappa shape index (κ1) is 17.5. The van der Waals surface area contributed by atoms with Gasteiger partial charge >= 0.3 is 5.69 Å². The van der Waals surface area contributed by atoms with Crippen molar-refractivity contribution in [1.82, 2.24) is 14.1 Å². The molecule has 2 aromatic heterocycles. The number of aryl methyl sites for hydroxylation is 1. The van der Waals surface area contributed by atoms with Crippen LogP contribution in [0.3, 0.4) is 0 Å². The number of aromatic nitrogens is 3. The molecule has 0 bridgehead atoms. The van der Waals surface area contributed by atoms with Crippen LogP contribution >= 0.6 is 0 Å². The van der Waals surface area contributed by atoms with Gasteiger partial charge in [-0.05, 0) is 36.4 Å². The molecule has 0 saturated carbocycles. The summed E-state index contributed by atoms with van der Waals surface area (Å²) in [6, 6.07) is 13.8. The average molecular weight is 378 g/mol. The third kappa shape index (κ3) is 2.90. The van der Waals surface area contributed by atoms with Gasteiger partial charge in [0.1, 0.15) is 11.3 Å². The van der Waals surface area contributed by atoms with Crippen molar-refractivity contribution < 1.29 is 9.18 Å². The van der Waals surface area contributed by atoms with Crippen LogP contribution in [0.4, 0.5) is 10.1 Å². The largest absolute Gasteiger partial charge is 0.344 e. The first-order valence-electron chi connectivity index (χ1n) is 8.42. The Morgan fingerprint density at radius 2 is 1.71 bits per heavy atom. The van der Waals surface area contributed by atoms with Gasteiger partial charge in [-0.1, -0.05) is 18.2 Å². The number of hydrogen-bond donors (Lipinski definition) is 2. The lowest BCUT2D eigenvalue weighted by molar-refractivity contribution is 0.102. The second-order valence-electron chi connectivity index (χ2n) is 6.24. The van der Waals surface area contributed by atoms with Crippen LogP contribution in [-0.2, 0) is 7.05 Å². The van der Waals surface area contributed by atoms with Gasteiger partial charge < -0.3 is 14.9 Å². The fourth-order valence-electron chi connectivity index (χ4n) is 3.09. The van der Waals surface area contributed by atoms with Crippen LogP contribution < -0.4 is 16.6 Å². The van der Waals surface area contributed by atoms with Crippen LogP contribution in [0.25, 0.3) is 16.7 Å². The Labute approximate surface area is 157 Å². The van der Waals surface area contributed by atoms with Gasteiger partial charge in [-0.2, -0.15) is 0 Å². The van der Waals surface area contributed by atoms with Crippen LogP contribution in [0.2, 0.25) is 0 Å². The summed E-state index contributed by atoms with van der Waals surface area (Å²) >= 11 is 0. The van der Waals surface area contributed by atoms with Crippen molar-refractivity contribution in [1.29, 1.82) is 0 Å². The molecule has 0 fully saturated rings. The molecule has 2 aromatic carbocycles. The number of benzene rings is 2. The van der Waals surface area contributed by atoms with Gasteiger partial charge in [-0.3, -0.25) is 9.59 Å². The van der Waals surface area contributed by atoms with E-state index in [1.807, 2.05) is 6.07 Å². The number of amides is 1. The maximum atomic E-state index is 13.2. The third-order valence-corrected chi connectivity index (χ3v) is 4.38. The molecule has 8 heteroatoms. The van der Waals surface area contributed by atoms with Gasteiger partial charge in [-0.15, -0.1) is 0 Å². The fraction of sp³-hybridized carbons (Fsp3) is 0.0500. The van der Waals surface area contributed by atoms with Crippen LogP contribution in [0.15, 0.2) is 70.4 Å². The molecule has 0 spiro atoms. The predicted molar refractivity (Wildman–Crippen MR) is 103 cm³/mol. The summed E-state index contributed by atoms with van der Waals surface area (Å²) in [5.74, 6) is -0.931. The molecule has 1 amide bonds. The fourth-order valence-corrected chi connectivity index (χ4v) is 3.09. The van der Waals surface area contributed by atoms with E-state index in [1.165, 1.54) is 22.9 Å². The Balaban J connectivity index is 1.86. The molecule has 2 heterocycles. The minimum Gasteiger partial charge on any atom is -0.344 e. The zero-order valence-electron chi connectivity index (χ0n) is 14.8. The number of aromatic amines is 1. The summed E-state index contributed by atoms with van der Waals surface area (Å²) in [7, 11) is 1.61. The number of hydrogen-bond acceptors (Lipinski definition) is 3. The Bertz CT molecular complexity index is 1300.